The van der Waals surface area contributed by atoms with Gasteiger partial charge in [0.1, 0.15) is 5.69 Å². The van der Waals surface area contributed by atoms with E-state index in [9.17, 15) is 9.59 Å². The molecular weight excluding hydrogens is 232 g/mol. The second-order valence-electron chi connectivity index (χ2n) is 4.00. The van der Waals surface area contributed by atoms with Crippen molar-refractivity contribution < 1.29 is 4.79 Å². The zero-order chi connectivity index (χ0) is 13.0. The fraction of sp³-hybridized carbons (Fsp3) is 0.250. The van der Waals surface area contributed by atoms with Gasteiger partial charge in [-0.1, -0.05) is 0 Å². The van der Waals surface area contributed by atoms with Crippen LogP contribution in [0.15, 0.2) is 35.4 Å². The van der Waals surface area contributed by atoms with Crippen molar-refractivity contribution in [2.75, 3.05) is 6.54 Å². The minimum Gasteiger partial charge on any atom is -0.357 e. The number of carbonyl (C=O) groups excluding carboxylic acids is 1. The summed E-state index contributed by atoms with van der Waals surface area (Å²) in [6.07, 6.45) is 4.72. The molecule has 94 valence electrons. The zero-order valence-corrected chi connectivity index (χ0v) is 10.0. The Labute approximate surface area is 104 Å². The number of hydrogen-bond donors (Lipinski definition) is 2. The van der Waals surface area contributed by atoms with Crippen molar-refractivity contribution in [2.45, 2.75) is 6.42 Å². The van der Waals surface area contributed by atoms with E-state index in [1.54, 1.807) is 0 Å². The molecule has 0 aliphatic carbocycles. The van der Waals surface area contributed by atoms with Crippen LogP contribution in [0.1, 0.15) is 16.1 Å². The molecule has 0 radical (unpaired) electrons. The Morgan fingerprint density at radius 1 is 1.44 bits per heavy atom. The van der Waals surface area contributed by atoms with Crippen molar-refractivity contribution in [3.05, 3.63) is 52.2 Å². The van der Waals surface area contributed by atoms with Gasteiger partial charge < -0.3 is 9.88 Å². The number of hydrogen-bond acceptors (Lipinski definition) is 3. The number of aromatic nitrogens is 3. The first-order chi connectivity index (χ1) is 8.65. The molecule has 2 aromatic rings. The van der Waals surface area contributed by atoms with Crippen LogP contribution in [0, 0.1) is 0 Å². The van der Waals surface area contributed by atoms with Gasteiger partial charge in [-0.2, -0.15) is 5.10 Å². The van der Waals surface area contributed by atoms with E-state index in [1.807, 2.05) is 30.1 Å². The number of amides is 1. The standard InChI is InChI=1S/C12H14N4O2/c1-16-7-5-9(8-16)4-6-13-12(18)10-2-3-11(17)15-14-10/h2-3,5,7-8H,4,6H2,1H3,(H,13,18)(H,15,17). The number of H-pyrrole nitrogens is 1. The van der Waals surface area contributed by atoms with Crippen molar-refractivity contribution >= 4 is 5.91 Å². The molecule has 0 aliphatic heterocycles. The van der Waals surface area contributed by atoms with E-state index >= 15 is 0 Å². The molecule has 2 N–H and O–H groups in total. The van der Waals surface area contributed by atoms with E-state index in [2.05, 4.69) is 15.5 Å². The summed E-state index contributed by atoms with van der Waals surface area (Å²) < 4.78 is 1.96. The van der Waals surface area contributed by atoms with E-state index in [4.69, 9.17) is 0 Å². The van der Waals surface area contributed by atoms with Crippen molar-refractivity contribution in [1.29, 1.82) is 0 Å². The van der Waals surface area contributed by atoms with Crippen LogP contribution in [0.4, 0.5) is 0 Å². The molecule has 0 saturated carbocycles. The topological polar surface area (TPSA) is 79.8 Å². The van der Waals surface area contributed by atoms with Crippen LogP contribution >= 0.6 is 0 Å². The highest BCUT2D eigenvalue weighted by atomic mass is 16.2. The fourth-order valence-corrected chi connectivity index (χ4v) is 1.59. The third kappa shape index (κ3) is 3.07. The first-order valence-electron chi connectivity index (χ1n) is 5.60. The van der Waals surface area contributed by atoms with Crippen LogP contribution in [-0.4, -0.2) is 27.2 Å². The molecule has 0 unspecified atom stereocenters. The molecule has 2 heterocycles. The van der Waals surface area contributed by atoms with Crippen LogP contribution in [0.25, 0.3) is 0 Å². The Balaban J connectivity index is 1.85. The van der Waals surface area contributed by atoms with E-state index in [0.29, 0.717) is 6.54 Å². The van der Waals surface area contributed by atoms with Gasteiger partial charge in [-0.3, -0.25) is 9.59 Å². The number of nitrogens with one attached hydrogen (secondary N) is 2. The lowest BCUT2D eigenvalue weighted by Gasteiger charge is -2.02. The van der Waals surface area contributed by atoms with Crippen molar-refractivity contribution in [3.63, 3.8) is 0 Å². The summed E-state index contributed by atoms with van der Waals surface area (Å²) in [7, 11) is 1.95. The molecule has 0 saturated heterocycles. The highest BCUT2D eigenvalue weighted by Gasteiger charge is 2.06. The Morgan fingerprint density at radius 3 is 2.89 bits per heavy atom. The molecule has 0 spiro atoms. The third-order valence-corrected chi connectivity index (χ3v) is 2.50. The predicted octanol–water partition coefficient (Wildman–Crippen LogP) is 0.0809. The molecule has 6 heteroatoms. The summed E-state index contributed by atoms with van der Waals surface area (Å²) in [5.41, 5.74) is 1.05. The molecular formula is C12H14N4O2. The van der Waals surface area contributed by atoms with Crippen LogP contribution < -0.4 is 10.9 Å². The third-order valence-electron chi connectivity index (χ3n) is 2.50. The predicted molar refractivity (Wildman–Crippen MR) is 66.3 cm³/mol. The Morgan fingerprint density at radius 2 is 2.28 bits per heavy atom. The van der Waals surface area contributed by atoms with Crippen molar-refractivity contribution in [2.24, 2.45) is 7.05 Å². The molecule has 1 amide bonds. The highest BCUT2D eigenvalue weighted by molar-refractivity contribution is 5.91. The van der Waals surface area contributed by atoms with Gasteiger partial charge >= 0.3 is 0 Å². The largest absolute Gasteiger partial charge is 0.357 e. The normalized spacial score (nSPS) is 10.3. The quantitative estimate of drug-likeness (QED) is 0.801. The van der Waals surface area contributed by atoms with Gasteiger partial charge in [-0.25, -0.2) is 5.10 Å². The Kier molecular flexibility index (Phi) is 3.57. The first-order valence-corrected chi connectivity index (χ1v) is 5.60. The van der Waals surface area contributed by atoms with Crippen LogP contribution in [-0.2, 0) is 13.5 Å². The van der Waals surface area contributed by atoms with Gasteiger partial charge in [0.05, 0.1) is 0 Å². The summed E-state index contributed by atoms with van der Waals surface area (Å²) in [5.74, 6) is -0.290. The van der Waals surface area contributed by atoms with Gasteiger partial charge in [0.2, 0.25) is 0 Å². The molecule has 0 fully saturated rings. The van der Waals surface area contributed by atoms with Crippen LogP contribution in [0.5, 0.6) is 0 Å². The zero-order valence-electron chi connectivity index (χ0n) is 10.0. The highest BCUT2D eigenvalue weighted by Crippen LogP contribution is 1.99. The van der Waals surface area contributed by atoms with E-state index in [0.717, 1.165) is 12.0 Å². The lowest BCUT2D eigenvalue weighted by Crippen LogP contribution is -2.27. The molecule has 18 heavy (non-hydrogen) atoms. The summed E-state index contributed by atoms with van der Waals surface area (Å²) in [4.78, 5) is 22.4. The molecule has 2 aromatic heterocycles. The monoisotopic (exact) mass is 246 g/mol. The summed E-state index contributed by atoms with van der Waals surface area (Å²) in [6, 6.07) is 4.68. The average molecular weight is 246 g/mol. The second-order valence-corrected chi connectivity index (χ2v) is 4.00. The maximum Gasteiger partial charge on any atom is 0.271 e. The fourth-order valence-electron chi connectivity index (χ4n) is 1.59. The van der Waals surface area contributed by atoms with E-state index in [1.165, 1.54) is 12.1 Å². The van der Waals surface area contributed by atoms with Crippen LogP contribution in [0.2, 0.25) is 0 Å². The first kappa shape index (κ1) is 12.1. The van der Waals surface area contributed by atoms with Gasteiger partial charge in [0.25, 0.3) is 11.5 Å². The van der Waals surface area contributed by atoms with E-state index < -0.39 is 0 Å². The maximum absolute atomic E-state index is 11.7. The minimum absolute atomic E-state index is 0.211. The van der Waals surface area contributed by atoms with Gasteiger partial charge in [-0.05, 0) is 24.1 Å². The Hall–Kier alpha value is -2.37. The van der Waals surface area contributed by atoms with E-state index in [-0.39, 0.29) is 17.2 Å². The number of aromatic amines is 1. The molecule has 6 nitrogen and oxygen atoms in total. The van der Waals surface area contributed by atoms with Gasteiger partial charge in [0, 0.05) is 32.1 Å². The lowest BCUT2D eigenvalue weighted by atomic mass is 10.2. The van der Waals surface area contributed by atoms with Gasteiger partial charge in [-0.15, -0.1) is 0 Å². The second kappa shape index (κ2) is 5.31. The number of nitrogens with zero attached hydrogens (tertiary/aromatic N) is 2. The Bertz CT molecular complexity index is 580. The maximum atomic E-state index is 11.7. The average Bonchev–Trinajstić information content (AvgIpc) is 2.76. The lowest BCUT2D eigenvalue weighted by molar-refractivity contribution is 0.0948. The molecule has 2 rings (SSSR count). The molecule has 0 atom stereocenters. The summed E-state index contributed by atoms with van der Waals surface area (Å²) >= 11 is 0. The summed E-state index contributed by atoms with van der Waals surface area (Å²) in [5, 5.41) is 8.62. The summed E-state index contributed by atoms with van der Waals surface area (Å²) in [6.45, 7) is 0.531. The van der Waals surface area contributed by atoms with Crippen molar-refractivity contribution in [1.82, 2.24) is 20.1 Å². The van der Waals surface area contributed by atoms with Gasteiger partial charge in [0.15, 0.2) is 0 Å². The molecule has 0 aliphatic rings. The minimum atomic E-state index is -0.323. The van der Waals surface area contributed by atoms with Crippen LogP contribution in [0.3, 0.4) is 0 Å². The molecule has 0 aromatic carbocycles. The number of aryl methyl sites for hydroxylation is 1. The smallest absolute Gasteiger partial charge is 0.271 e. The van der Waals surface area contributed by atoms with Crippen molar-refractivity contribution in [3.8, 4) is 0 Å². The SMILES string of the molecule is Cn1ccc(CCNC(=O)c2ccc(=O)[nH]n2)c1. The number of rotatable bonds is 4. The molecule has 0 bridgehead atoms. The number of carbonyl (C=O) groups is 1.